The van der Waals surface area contributed by atoms with Crippen LogP contribution < -0.4 is 5.73 Å². The number of nitrogens with zero attached hydrogens (tertiary/aromatic N) is 1. The van der Waals surface area contributed by atoms with Crippen molar-refractivity contribution in [2.45, 2.75) is 12.8 Å². The van der Waals surface area contributed by atoms with Crippen molar-refractivity contribution in [3.05, 3.63) is 0 Å². The number of methoxy groups -OCH3 is 1. The molecule has 0 amide bonds. The maximum atomic E-state index is 7.39. The molecule has 0 radical (unpaired) electrons. The van der Waals surface area contributed by atoms with Gasteiger partial charge in [-0.05, 0) is 25.9 Å². The van der Waals surface area contributed by atoms with Crippen molar-refractivity contribution in [3.63, 3.8) is 0 Å². The van der Waals surface area contributed by atoms with Gasteiger partial charge in [0.05, 0.1) is 25.7 Å². The number of piperidine rings is 1. The summed E-state index contributed by atoms with van der Waals surface area (Å²) >= 11 is 0. The highest BCUT2D eigenvalue weighted by atomic mass is 16.5. The van der Waals surface area contributed by atoms with Gasteiger partial charge in [-0.2, -0.15) is 0 Å². The summed E-state index contributed by atoms with van der Waals surface area (Å²) in [6, 6.07) is 0. The van der Waals surface area contributed by atoms with E-state index in [0.717, 1.165) is 39.1 Å². The highest BCUT2D eigenvalue weighted by Crippen LogP contribution is 2.16. The topological polar surface area (TPSA) is 71.6 Å². The minimum atomic E-state index is 0.297. The van der Waals surface area contributed by atoms with E-state index in [4.69, 9.17) is 20.6 Å². The lowest BCUT2D eigenvalue weighted by Gasteiger charge is -2.31. The molecule has 0 aliphatic carbocycles. The average Bonchev–Trinajstić information content (AvgIpc) is 2.29. The number of rotatable bonds is 7. The van der Waals surface area contributed by atoms with Gasteiger partial charge in [-0.15, -0.1) is 0 Å². The molecule has 0 aromatic rings. The molecule has 1 rings (SSSR count). The molecule has 1 aliphatic heterocycles. The third kappa shape index (κ3) is 4.92. The first kappa shape index (κ1) is 13.4. The minimum Gasteiger partial charge on any atom is -0.387 e. The van der Waals surface area contributed by atoms with Crippen molar-refractivity contribution in [1.29, 1.82) is 5.41 Å². The lowest BCUT2D eigenvalue weighted by molar-refractivity contribution is 0.0529. The average molecular weight is 229 g/mol. The molecule has 0 bridgehead atoms. The number of amidine groups is 1. The van der Waals surface area contributed by atoms with Crippen LogP contribution in [0.1, 0.15) is 12.8 Å². The van der Waals surface area contributed by atoms with Crippen LogP contribution in [0.4, 0.5) is 0 Å². The van der Waals surface area contributed by atoms with E-state index >= 15 is 0 Å². The van der Waals surface area contributed by atoms with Crippen LogP contribution in [0, 0.1) is 11.3 Å². The van der Waals surface area contributed by atoms with Crippen molar-refractivity contribution in [2.24, 2.45) is 11.7 Å². The molecule has 0 aromatic heterocycles. The quantitative estimate of drug-likeness (QED) is 0.374. The normalized spacial score (nSPS) is 18.8. The van der Waals surface area contributed by atoms with Crippen LogP contribution in [0.5, 0.6) is 0 Å². The molecule has 3 N–H and O–H groups in total. The zero-order valence-corrected chi connectivity index (χ0v) is 10.1. The Morgan fingerprint density at radius 1 is 1.31 bits per heavy atom. The van der Waals surface area contributed by atoms with Gasteiger partial charge in [-0.1, -0.05) is 0 Å². The fourth-order valence-electron chi connectivity index (χ4n) is 1.91. The lowest BCUT2D eigenvalue weighted by Crippen LogP contribution is -2.39. The van der Waals surface area contributed by atoms with Gasteiger partial charge in [0.1, 0.15) is 0 Å². The monoisotopic (exact) mass is 229 g/mol. The standard InChI is InChI=1S/C11H23N3O2/c1-15-8-9-16-7-6-14-4-2-10(3-5-14)11(12)13/h10H,2-9H2,1H3,(H3,12,13). The Morgan fingerprint density at radius 2 is 2.00 bits per heavy atom. The second-order valence-corrected chi connectivity index (χ2v) is 4.18. The van der Waals surface area contributed by atoms with Gasteiger partial charge < -0.3 is 20.1 Å². The third-order valence-electron chi connectivity index (χ3n) is 3.01. The van der Waals surface area contributed by atoms with Crippen molar-refractivity contribution in [2.75, 3.05) is 46.6 Å². The van der Waals surface area contributed by atoms with E-state index in [-0.39, 0.29) is 0 Å². The Hall–Kier alpha value is -0.650. The molecule has 1 heterocycles. The summed E-state index contributed by atoms with van der Waals surface area (Å²) in [4.78, 5) is 2.37. The molecule has 5 heteroatoms. The summed E-state index contributed by atoms with van der Waals surface area (Å²) in [6.07, 6.45) is 2.01. The van der Waals surface area contributed by atoms with Crippen molar-refractivity contribution >= 4 is 5.84 Å². The zero-order chi connectivity index (χ0) is 11.8. The van der Waals surface area contributed by atoms with Crippen LogP contribution in [0.2, 0.25) is 0 Å². The second kappa shape index (κ2) is 7.60. The summed E-state index contributed by atoms with van der Waals surface area (Å²) in [5, 5.41) is 7.39. The molecule has 0 spiro atoms. The van der Waals surface area contributed by atoms with Crippen molar-refractivity contribution in [3.8, 4) is 0 Å². The van der Waals surface area contributed by atoms with Gasteiger partial charge in [0, 0.05) is 19.6 Å². The second-order valence-electron chi connectivity index (χ2n) is 4.18. The maximum Gasteiger partial charge on any atom is 0.0937 e. The fourth-order valence-corrected chi connectivity index (χ4v) is 1.91. The highest BCUT2D eigenvalue weighted by molar-refractivity contribution is 5.79. The van der Waals surface area contributed by atoms with Gasteiger partial charge in [0.2, 0.25) is 0 Å². The first-order valence-corrected chi connectivity index (χ1v) is 5.87. The molecule has 0 aromatic carbocycles. The minimum absolute atomic E-state index is 0.297. The SMILES string of the molecule is COCCOCCN1CCC(C(=N)N)CC1. The molecule has 0 saturated carbocycles. The zero-order valence-electron chi connectivity index (χ0n) is 10.1. The fraction of sp³-hybridized carbons (Fsp3) is 0.909. The van der Waals surface area contributed by atoms with E-state index in [9.17, 15) is 0 Å². The van der Waals surface area contributed by atoms with E-state index in [2.05, 4.69) is 4.90 Å². The van der Waals surface area contributed by atoms with Crippen LogP contribution in [0.3, 0.4) is 0 Å². The summed E-state index contributed by atoms with van der Waals surface area (Å²) < 4.78 is 10.3. The molecule has 0 unspecified atom stereocenters. The van der Waals surface area contributed by atoms with Crippen LogP contribution in [-0.4, -0.2) is 57.3 Å². The van der Waals surface area contributed by atoms with Crippen molar-refractivity contribution < 1.29 is 9.47 Å². The highest BCUT2D eigenvalue weighted by Gasteiger charge is 2.20. The molecule has 1 aliphatic rings. The van der Waals surface area contributed by atoms with Gasteiger partial charge >= 0.3 is 0 Å². The number of hydrogen-bond acceptors (Lipinski definition) is 4. The first-order chi connectivity index (χ1) is 7.74. The third-order valence-corrected chi connectivity index (χ3v) is 3.01. The Balaban J connectivity index is 2.02. The number of ether oxygens (including phenoxy) is 2. The Labute approximate surface area is 97.4 Å². The van der Waals surface area contributed by atoms with E-state index in [1.165, 1.54) is 0 Å². The summed E-state index contributed by atoms with van der Waals surface area (Å²) in [5.41, 5.74) is 5.49. The van der Waals surface area contributed by atoms with Crippen LogP contribution in [0.15, 0.2) is 0 Å². The van der Waals surface area contributed by atoms with Crippen LogP contribution in [-0.2, 0) is 9.47 Å². The maximum absolute atomic E-state index is 7.39. The lowest BCUT2D eigenvalue weighted by atomic mass is 9.96. The Morgan fingerprint density at radius 3 is 2.56 bits per heavy atom. The molecular weight excluding hydrogens is 206 g/mol. The Bertz CT molecular complexity index is 203. The van der Waals surface area contributed by atoms with Crippen LogP contribution in [0.25, 0.3) is 0 Å². The summed E-state index contributed by atoms with van der Waals surface area (Å²) in [6.45, 7) is 5.10. The molecule has 1 saturated heterocycles. The van der Waals surface area contributed by atoms with Gasteiger partial charge in [-0.3, -0.25) is 5.41 Å². The van der Waals surface area contributed by atoms with Crippen molar-refractivity contribution in [1.82, 2.24) is 4.90 Å². The summed E-state index contributed by atoms with van der Waals surface area (Å²) in [5.74, 6) is 0.640. The molecule has 94 valence electrons. The van der Waals surface area contributed by atoms with Crippen LogP contribution >= 0.6 is 0 Å². The number of likely N-dealkylation sites (tertiary alicyclic amines) is 1. The molecule has 0 atom stereocenters. The number of hydrogen-bond donors (Lipinski definition) is 2. The predicted octanol–water partition coefficient (Wildman–Crippen LogP) is 0.297. The first-order valence-electron chi connectivity index (χ1n) is 5.87. The van der Waals surface area contributed by atoms with E-state index in [1.807, 2.05) is 0 Å². The summed E-state index contributed by atoms with van der Waals surface area (Å²) in [7, 11) is 1.68. The molecule has 16 heavy (non-hydrogen) atoms. The van der Waals surface area contributed by atoms with E-state index < -0.39 is 0 Å². The van der Waals surface area contributed by atoms with E-state index in [1.54, 1.807) is 7.11 Å². The smallest absolute Gasteiger partial charge is 0.0937 e. The number of nitrogens with one attached hydrogen (secondary N) is 1. The van der Waals surface area contributed by atoms with E-state index in [0.29, 0.717) is 25.0 Å². The van der Waals surface area contributed by atoms with Gasteiger partial charge in [-0.25, -0.2) is 0 Å². The Kier molecular flexibility index (Phi) is 6.37. The molecule has 1 fully saturated rings. The van der Waals surface area contributed by atoms with Gasteiger partial charge in [0.15, 0.2) is 0 Å². The van der Waals surface area contributed by atoms with Gasteiger partial charge in [0.25, 0.3) is 0 Å². The molecular formula is C11H23N3O2. The molecule has 5 nitrogen and oxygen atoms in total. The number of nitrogens with two attached hydrogens (primary N) is 1. The predicted molar refractivity (Wildman–Crippen MR) is 63.8 cm³/mol. The largest absolute Gasteiger partial charge is 0.387 e.